The van der Waals surface area contributed by atoms with Crippen molar-refractivity contribution in [3.8, 4) is 0 Å². The second-order valence-corrected chi connectivity index (χ2v) is 15.6. The lowest BCUT2D eigenvalue weighted by molar-refractivity contribution is -0.479. The summed E-state index contributed by atoms with van der Waals surface area (Å²) in [5, 5.41) is 0.0843. The molecule has 8 heteroatoms. The molecule has 1 saturated carbocycles. The Morgan fingerprint density at radius 3 is 2.38 bits per heavy atom. The number of hydrogen-bond donors (Lipinski definition) is 0. The van der Waals surface area contributed by atoms with E-state index >= 15 is 0 Å². The molecule has 29 heavy (non-hydrogen) atoms. The van der Waals surface area contributed by atoms with E-state index in [-0.39, 0.29) is 35.6 Å². The molecule has 5 aliphatic rings. The largest absolute Gasteiger partial charge is 0.408 e. The highest BCUT2D eigenvalue weighted by Gasteiger charge is 2.76. The number of benzene rings is 1. The number of ether oxygens (including phenoxy) is 5. The lowest BCUT2D eigenvalue weighted by atomic mass is 9.76. The fourth-order valence-corrected chi connectivity index (χ4v) is 5.99. The molecular weight excluding hydrogens is 456 g/mol. The first-order chi connectivity index (χ1) is 13.6. The molecule has 4 saturated heterocycles. The number of halogens is 1. The van der Waals surface area contributed by atoms with Crippen molar-refractivity contribution in [2.45, 2.75) is 88.1 Å². The van der Waals surface area contributed by atoms with Crippen LogP contribution in [0.4, 0.5) is 0 Å². The predicted molar refractivity (Wildman–Crippen MR) is 112 cm³/mol. The molecule has 4 bridgehead atoms. The van der Waals surface area contributed by atoms with Gasteiger partial charge in [0.25, 0.3) is 6.48 Å². The lowest BCUT2D eigenvalue weighted by Gasteiger charge is -2.60. The molecular formula is C21H29BrO6Si. The zero-order chi connectivity index (χ0) is 20.6. The van der Waals surface area contributed by atoms with Gasteiger partial charge in [-0.05, 0) is 29.8 Å². The van der Waals surface area contributed by atoms with Crippen LogP contribution in [0.15, 0.2) is 28.7 Å². The van der Waals surface area contributed by atoms with Crippen molar-refractivity contribution in [3.63, 3.8) is 0 Å². The first-order valence-corrected chi connectivity index (χ1v) is 14.0. The Labute approximate surface area is 181 Å². The van der Waals surface area contributed by atoms with Gasteiger partial charge in [0, 0.05) is 4.47 Å². The lowest BCUT2D eigenvalue weighted by Crippen LogP contribution is -2.78. The topological polar surface area (TPSA) is 58.7 Å². The molecule has 4 aliphatic heterocycles. The van der Waals surface area contributed by atoms with E-state index in [1.807, 2.05) is 18.2 Å². The number of rotatable bonds is 5. The minimum atomic E-state index is -2.05. The number of hydrogen-bond acceptors (Lipinski definition) is 6. The third-order valence-electron chi connectivity index (χ3n) is 7.09. The van der Waals surface area contributed by atoms with E-state index in [1.54, 1.807) is 0 Å². The van der Waals surface area contributed by atoms with Gasteiger partial charge < -0.3 is 28.1 Å². The van der Waals surface area contributed by atoms with Gasteiger partial charge in [-0.15, -0.1) is 0 Å². The molecule has 1 spiro atoms. The Morgan fingerprint density at radius 2 is 1.76 bits per heavy atom. The molecule has 1 aromatic rings. The number of epoxide rings is 1. The maximum atomic E-state index is 6.82. The third kappa shape index (κ3) is 3.27. The van der Waals surface area contributed by atoms with Gasteiger partial charge in [0.1, 0.15) is 36.1 Å². The molecule has 1 aromatic carbocycles. The zero-order valence-corrected chi connectivity index (χ0v) is 20.1. The predicted octanol–water partition coefficient (Wildman–Crippen LogP) is 3.97. The van der Waals surface area contributed by atoms with Crippen LogP contribution < -0.4 is 0 Å². The van der Waals surface area contributed by atoms with Crippen molar-refractivity contribution in [1.29, 1.82) is 0 Å². The summed E-state index contributed by atoms with van der Waals surface area (Å²) in [6.07, 6.45) is -1.10. The molecule has 7 unspecified atom stereocenters. The van der Waals surface area contributed by atoms with E-state index in [9.17, 15) is 0 Å². The average molecular weight is 485 g/mol. The fourth-order valence-electron chi connectivity index (χ4n) is 4.29. The monoisotopic (exact) mass is 484 g/mol. The van der Waals surface area contributed by atoms with Gasteiger partial charge in [0.05, 0.1) is 13.2 Å². The summed E-state index contributed by atoms with van der Waals surface area (Å²) in [4.78, 5) is 0. The molecule has 160 valence electrons. The van der Waals surface area contributed by atoms with Crippen LogP contribution in [-0.4, -0.2) is 57.5 Å². The molecule has 6 rings (SSSR count). The van der Waals surface area contributed by atoms with Gasteiger partial charge in [-0.25, -0.2) is 0 Å². The summed E-state index contributed by atoms with van der Waals surface area (Å²) < 4.78 is 38.4. The van der Waals surface area contributed by atoms with Gasteiger partial charge in [0.15, 0.2) is 8.32 Å². The summed E-state index contributed by atoms with van der Waals surface area (Å²) >= 11 is 3.60. The first-order valence-electron chi connectivity index (χ1n) is 10.3. The van der Waals surface area contributed by atoms with E-state index in [0.29, 0.717) is 13.2 Å². The highest BCUT2D eigenvalue weighted by atomic mass is 79.9. The summed E-state index contributed by atoms with van der Waals surface area (Å²) in [7, 11) is -2.05. The van der Waals surface area contributed by atoms with Crippen LogP contribution in [0.2, 0.25) is 18.1 Å². The van der Waals surface area contributed by atoms with E-state index in [1.165, 1.54) is 0 Å². The second-order valence-electron chi connectivity index (χ2n) is 9.96. The van der Waals surface area contributed by atoms with Crippen LogP contribution in [0, 0.1) is 0 Å². The zero-order valence-electron chi connectivity index (χ0n) is 17.5. The normalized spacial score (nSPS) is 40.6. The first kappa shape index (κ1) is 20.6. The molecule has 0 aromatic heterocycles. The molecule has 6 nitrogen and oxygen atoms in total. The molecule has 1 aliphatic carbocycles. The Bertz CT molecular complexity index is 792. The highest BCUT2D eigenvalue weighted by molar-refractivity contribution is 9.10. The van der Waals surface area contributed by atoms with Crippen LogP contribution in [0.3, 0.4) is 0 Å². The van der Waals surface area contributed by atoms with Gasteiger partial charge in [0.2, 0.25) is 0 Å². The summed E-state index contributed by atoms with van der Waals surface area (Å²) in [5.41, 5.74) is 0.604. The van der Waals surface area contributed by atoms with E-state index in [0.717, 1.165) is 10.0 Å². The SMILES string of the molecule is CC(C)(C)[Si](C)(C)OC1C2OC3OC(C2OCc2ccccc2Br)C2(CO2)C1O3. The molecule has 5 fully saturated rings. The van der Waals surface area contributed by atoms with Crippen LogP contribution >= 0.6 is 15.9 Å². The van der Waals surface area contributed by atoms with Gasteiger partial charge >= 0.3 is 0 Å². The summed E-state index contributed by atoms with van der Waals surface area (Å²) in [6, 6.07) is 8.08. The molecule has 0 N–H and O–H groups in total. The van der Waals surface area contributed by atoms with E-state index in [4.69, 9.17) is 28.1 Å². The average Bonchev–Trinajstić information content (AvgIpc) is 3.43. The quantitative estimate of drug-likeness (QED) is 0.465. The maximum Gasteiger partial charge on any atom is 0.273 e. The van der Waals surface area contributed by atoms with Crippen LogP contribution in [0.25, 0.3) is 0 Å². The van der Waals surface area contributed by atoms with Crippen LogP contribution in [-0.2, 0) is 34.7 Å². The molecule has 4 heterocycles. The van der Waals surface area contributed by atoms with E-state index < -0.39 is 20.4 Å². The Balaban J connectivity index is 1.42. The maximum absolute atomic E-state index is 6.82. The van der Waals surface area contributed by atoms with Crippen LogP contribution in [0.1, 0.15) is 26.3 Å². The van der Waals surface area contributed by atoms with Gasteiger partial charge in [-0.2, -0.15) is 0 Å². The van der Waals surface area contributed by atoms with Crippen molar-refractivity contribution >= 4 is 24.2 Å². The molecule has 0 amide bonds. The summed E-state index contributed by atoms with van der Waals surface area (Å²) in [5.74, 6) is 0. The van der Waals surface area contributed by atoms with Gasteiger partial charge in [-0.3, -0.25) is 0 Å². The van der Waals surface area contributed by atoms with Crippen molar-refractivity contribution in [3.05, 3.63) is 34.3 Å². The standard InChI is InChI=1S/C21H29BrO6Si/c1-20(2,3)29(4,5)28-16-14-15(23-10-12-8-6-7-9-13(12)22)17-21(11-24-21)18(16)27-19(25-14)26-17/h6-9,14-19H,10-11H2,1-5H3. The smallest absolute Gasteiger partial charge is 0.273 e. The second kappa shape index (κ2) is 6.84. The fraction of sp³-hybridized carbons (Fsp3) is 0.714. The van der Waals surface area contributed by atoms with E-state index in [2.05, 4.69) is 55.9 Å². The van der Waals surface area contributed by atoms with Crippen molar-refractivity contribution in [2.24, 2.45) is 0 Å². The van der Waals surface area contributed by atoms with Crippen molar-refractivity contribution in [2.75, 3.05) is 6.61 Å². The van der Waals surface area contributed by atoms with Gasteiger partial charge in [-0.1, -0.05) is 54.9 Å². The van der Waals surface area contributed by atoms with Crippen molar-refractivity contribution in [1.82, 2.24) is 0 Å². The Hall–Kier alpha value is -0.323. The molecule has 7 atom stereocenters. The molecule has 0 radical (unpaired) electrons. The third-order valence-corrected chi connectivity index (χ3v) is 12.3. The van der Waals surface area contributed by atoms with Crippen LogP contribution in [0.5, 0.6) is 0 Å². The van der Waals surface area contributed by atoms with Crippen molar-refractivity contribution < 1.29 is 28.1 Å². The Kier molecular flexibility index (Phi) is 4.85. The highest BCUT2D eigenvalue weighted by Crippen LogP contribution is 2.55. The summed E-state index contributed by atoms with van der Waals surface area (Å²) in [6.45, 7) is 11.6. The Morgan fingerprint density at radius 1 is 1.10 bits per heavy atom. The minimum Gasteiger partial charge on any atom is -0.408 e. The minimum absolute atomic E-state index is 0.0843.